The predicted octanol–water partition coefficient (Wildman–Crippen LogP) is 3.77. The van der Waals surface area contributed by atoms with E-state index in [2.05, 4.69) is 9.83 Å². The van der Waals surface area contributed by atoms with Crippen molar-refractivity contribution < 1.29 is 23.0 Å². The first kappa shape index (κ1) is 22.6. The number of rotatable bonds is 4. The van der Waals surface area contributed by atoms with Crippen molar-refractivity contribution in [2.75, 3.05) is 24.6 Å². The second-order valence-electron chi connectivity index (χ2n) is 7.94. The van der Waals surface area contributed by atoms with Gasteiger partial charge in [-0.3, -0.25) is 4.79 Å². The molecule has 0 unspecified atom stereocenters. The van der Waals surface area contributed by atoms with Gasteiger partial charge in [-0.2, -0.15) is 13.2 Å². The lowest BCUT2D eigenvalue weighted by atomic mass is 9.94. The van der Waals surface area contributed by atoms with Gasteiger partial charge in [0, 0.05) is 38.5 Å². The molecule has 172 valence electrons. The summed E-state index contributed by atoms with van der Waals surface area (Å²) in [4.78, 5) is 22.2. The van der Waals surface area contributed by atoms with Gasteiger partial charge in [0.05, 0.1) is 23.4 Å². The van der Waals surface area contributed by atoms with E-state index in [-0.39, 0.29) is 23.7 Å². The number of alkyl halides is 3. The van der Waals surface area contributed by atoms with Gasteiger partial charge in [-0.1, -0.05) is 12.6 Å². The molecule has 3 aromatic rings. The zero-order valence-electron chi connectivity index (χ0n) is 17.7. The number of aromatic nitrogens is 2. The van der Waals surface area contributed by atoms with Gasteiger partial charge in [0.1, 0.15) is 11.9 Å². The number of hydrogen-bond acceptors (Lipinski definition) is 5. The molecule has 1 N–H and O–H groups in total. The summed E-state index contributed by atoms with van der Waals surface area (Å²) >= 11 is 0. The number of pyridine rings is 2. The summed E-state index contributed by atoms with van der Waals surface area (Å²) in [6.45, 7) is 7.74. The zero-order valence-corrected chi connectivity index (χ0v) is 17.7. The van der Waals surface area contributed by atoms with Crippen LogP contribution in [0.3, 0.4) is 0 Å². The van der Waals surface area contributed by atoms with Crippen molar-refractivity contribution >= 4 is 22.5 Å². The molecule has 10 heteroatoms. The Morgan fingerprint density at radius 3 is 2.76 bits per heavy atom. The molecule has 1 aliphatic rings. The highest BCUT2D eigenvalue weighted by Gasteiger charge is 2.34. The van der Waals surface area contributed by atoms with Crippen molar-refractivity contribution in [3.05, 3.63) is 69.8 Å². The highest BCUT2D eigenvalue weighted by Crippen LogP contribution is 2.34. The van der Waals surface area contributed by atoms with Gasteiger partial charge in [0.25, 0.3) is 11.4 Å². The first-order chi connectivity index (χ1) is 15.7. The molecular weight excluding hydrogens is 437 g/mol. The molecule has 0 bridgehead atoms. The Kier molecular flexibility index (Phi) is 5.99. The van der Waals surface area contributed by atoms with E-state index in [9.17, 15) is 23.1 Å². The van der Waals surface area contributed by atoms with Gasteiger partial charge >= 0.3 is 6.18 Å². The number of anilines is 1. The molecule has 2 atom stereocenters. The number of fused-ring (bicyclic) bond motifs is 1. The zero-order chi connectivity index (χ0) is 23.8. The normalized spacial score (nSPS) is 18.8. The Morgan fingerprint density at radius 2 is 2.06 bits per heavy atom. The maximum Gasteiger partial charge on any atom is 0.416 e. The third-order valence-electron chi connectivity index (χ3n) is 5.86. The summed E-state index contributed by atoms with van der Waals surface area (Å²) < 4.78 is 46.3. The van der Waals surface area contributed by atoms with Crippen LogP contribution in [0, 0.1) is 12.5 Å². The van der Waals surface area contributed by atoms with Gasteiger partial charge in [0.2, 0.25) is 5.52 Å². The van der Waals surface area contributed by atoms with Crippen LogP contribution >= 0.6 is 0 Å². The van der Waals surface area contributed by atoms with Crippen LogP contribution in [-0.2, 0) is 13.2 Å². The lowest BCUT2D eigenvalue weighted by Crippen LogP contribution is -2.47. The number of benzene rings is 1. The van der Waals surface area contributed by atoms with Crippen LogP contribution < -0.4 is 15.2 Å². The number of nitrogens with zero attached hydrogens (tertiary/aromatic N) is 4. The second kappa shape index (κ2) is 8.75. The number of aliphatic hydroxyl groups excluding tert-OH is 1. The number of aryl methyl sites for hydroxylation is 1. The molecule has 1 saturated heterocycles. The lowest BCUT2D eigenvalue weighted by Gasteiger charge is -2.38. The highest BCUT2D eigenvalue weighted by atomic mass is 19.4. The van der Waals surface area contributed by atoms with Crippen LogP contribution in [0.2, 0.25) is 0 Å². The van der Waals surface area contributed by atoms with E-state index in [1.807, 2.05) is 4.90 Å². The van der Waals surface area contributed by atoms with Crippen LogP contribution in [0.1, 0.15) is 12.0 Å². The standard InChI is InChI=1S/C23H21F3N4O3/c1-27-20-7-6-17-22(28-20)18(11-21(32)29(17)2)30-9-8-19(14(12-30)13-31)33-16-5-3-4-15(10-16)23(24,25)26/h3-7,10-11,14,19,31H,8-9,12-13H2,2H3/t14-,19+/m0/s1. The van der Waals surface area contributed by atoms with E-state index in [0.717, 1.165) is 12.1 Å². The lowest BCUT2D eigenvalue weighted by molar-refractivity contribution is -0.137. The molecule has 1 aromatic carbocycles. The van der Waals surface area contributed by atoms with Crippen molar-refractivity contribution in [3.8, 4) is 5.75 Å². The van der Waals surface area contributed by atoms with Crippen LogP contribution in [0.25, 0.3) is 15.9 Å². The summed E-state index contributed by atoms with van der Waals surface area (Å²) in [5, 5.41) is 9.97. The van der Waals surface area contributed by atoms with E-state index < -0.39 is 23.8 Å². The van der Waals surface area contributed by atoms with Crippen LogP contribution in [-0.4, -0.2) is 40.5 Å². The molecule has 0 spiro atoms. The van der Waals surface area contributed by atoms with Gasteiger partial charge < -0.3 is 24.2 Å². The van der Waals surface area contributed by atoms with Crippen molar-refractivity contribution in [2.24, 2.45) is 13.0 Å². The summed E-state index contributed by atoms with van der Waals surface area (Å²) in [5.74, 6) is -0.121. The van der Waals surface area contributed by atoms with Crippen LogP contribution in [0.5, 0.6) is 5.75 Å². The fourth-order valence-corrected chi connectivity index (χ4v) is 4.09. The Morgan fingerprint density at radius 1 is 1.27 bits per heavy atom. The molecule has 0 saturated carbocycles. The smallest absolute Gasteiger partial charge is 0.416 e. The third kappa shape index (κ3) is 4.50. The minimum Gasteiger partial charge on any atom is -0.490 e. The number of hydrogen-bond donors (Lipinski definition) is 1. The van der Waals surface area contributed by atoms with E-state index in [4.69, 9.17) is 11.3 Å². The molecule has 2 aromatic heterocycles. The van der Waals surface area contributed by atoms with Crippen molar-refractivity contribution in [2.45, 2.75) is 18.7 Å². The average Bonchev–Trinajstić information content (AvgIpc) is 2.81. The van der Waals surface area contributed by atoms with E-state index >= 15 is 0 Å². The first-order valence-corrected chi connectivity index (χ1v) is 10.3. The van der Waals surface area contributed by atoms with Crippen molar-refractivity contribution in [3.63, 3.8) is 0 Å². The van der Waals surface area contributed by atoms with E-state index in [1.165, 1.54) is 22.8 Å². The van der Waals surface area contributed by atoms with Crippen molar-refractivity contribution in [1.82, 2.24) is 9.55 Å². The molecule has 4 rings (SSSR count). The quantitative estimate of drug-likeness (QED) is 0.603. The SMILES string of the molecule is [C-]#[N+]c1ccc2c(n1)c(N1CC[C@@H](Oc3cccc(C(F)(F)F)c3)[C@H](CO)C1)cc(=O)n2C. The number of aliphatic hydroxyl groups is 1. The van der Waals surface area contributed by atoms with Gasteiger partial charge in [0.15, 0.2) is 0 Å². The molecule has 0 aliphatic carbocycles. The molecule has 3 heterocycles. The molecule has 1 fully saturated rings. The summed E-state index contributed by atoms with van der Waals surface area (Å²) in [7, 11) is 1.62. The summed E-state index contributed by atoms with van der Waals surface area (Å²) in [5.41, 5.74) is 0.589. The predicted molar refractivity (Wildman–Crippen MR) is 117 cm³/mol. The first-order valence-electron chi connectivity index (χ1n) is 10.3. The highest BCUT2D eigenvalue weighted by molar-refractivity contribution is 5.89. The third-order valence-corrected chi connectivity index (χ3v) is 5.86. The maximum atomic E-state index is 13.0. The number of piperidine rings is 1. The number of ether oxygens (including phenoxy) is 1. The Labute approximate surface area is 187 Å². The number of halogens is 3. The maximum absolute atomic E-state index is 13.0. The largest absolute Gasteiger partial charge is 0.490 e. The topological polar surface area (TPSA) is 72.0 Å². The fourth-order valence-electron chi connectivity index (χ4n) is 4.09. The molecule has 33 heavy (non-hydrogen) atoms. The minimum absolute atomic E-state index is 0.0871. The van der Waals surface area contributed by atoms with Gasteiger partial charge in [-0.05, 0) is 30.3 Å². The van der Waals surface area contributed by atoms with E-state index in [0.29, 0.717) is 36.2 Å². The molecule has 7 nitrogen and oxygen atoms in total. The fraction of sp³-hybridized carbons (Fsp3) is 0.348. The summed E-state index contributed by atoms with van der Waals surface area (Å²) in [6.07, 6.45) is -4.56. The monoisotopic (exact) mass is 458 g/mol. The molecule has 0 radical (unpaired) electrons. The van der Waals surface area contributed by atoms with Gasteiger partial charge in [-0.25, -0.2) is 0 Å². The van der Waals surface area contributed by atoms with E-state index in [1.54, 1.807) is 19.2 Å². The molecular formula is C23H21F3N4O3. The molecule has 0 amide bonds. The minimum atomic E-state index is -4.48. The van der Waals surface area contributed by atoms with Crippen LogP contribution in [0.15, 0.2) is 47.3 Å². The van der Waals surface area contributed by atoms with Gasteiger partial charge in [-0.15, -0.1) is 4.98 Å². The summed E-state index contributed by atoms with van der Waals surface area (Å²) in [6, 6.07) is 9.34. The van der Waals surface area contributed by atoms with Crippen molar-refractivity contribution in [1.29, 1.82) is 0 Å². The Hall–Kier alpha value is -3.58. The average molecular weight is 458 g/mol. The Bertz CT molecular complexity index is 1280. The molecule has 1 aliphatic heterocycles. The van der Waals surface area contributed by atoms with Crippen LogP contribution in [0.4, 0.5) is 24.7 Å². The second-order valence-corrected chi connectivity index (χ2v) is 7.94. The Balaban J connectivity index is 1.61.